The van der Waals surface area contributed by atoms with Crippen LogP contribution in [0.4, 0.5) is 0 Å². The van der Waals surface area contributed by atoms with Gasteiger partial charge in [0, 0.05) is 0 Å². The highest BCUT2D eigenvalue weighted by Gasteiger charge is 2.18. The first kappa shape index (κ1) is 14.2. The van der Waals surface area contributed by atoms with Crippen LogP contribution >= 0.6 is 0 Å². The number of hydrogen-bond donors (Lipinski definition) is 1. The van der Waals surface area contributed by atoms with Gasteiger partial charge in [-0.05, 0) is 37.6 Å². The molecular formula is C16H19NO3. The van der Waals surface area contributed by atoms with E-state index >= 15 is 0 Å². The summed E-state index contributed by atoms with van der Waals surface area (Å²) in [6.07, 6.45) is 1.70. The van der Waals surface area contributed by atoms with Crippen LogP contribution in [0.2, 0.25) is 0 Å². The minimum Gasteiger partial charge on any atom is -0.481 e. The second-order valence-electron chi connectivity index (χ2n) is 4.62. The lowest BCUT2D eigenvalue weighted by Crippen LogP contribution is -2.37. The molecule has 106 valence electrons. The third kappa shape index (κ3) is 3.88. The van der Waals surface area contributed by atoms with Gasteiger partial charge in [-0.15, -0.1) is 0 Å². The predicted molar refractivity (Wildman–Crippen MR) is 76.4 cm³/mol. The number of ether oxygens (including phenoxy) is 1. The first-order valence-electron chi connectivity index (χ1n) is 6.72. The normalized spacial score (nSPS) is 11.9. The van der Waals surface area contributed by atoms with Gasteiger partial charge >= 0.3 is 0 Å². The lowest BCUT2D eigenvalue weighted by atomic mass is 10.2. The zero-order valence-electron chi connectivity index (χ0n) is 11.8. The zero-order chi connectivity index (χ0) is 14.4. The Hall–Kier alpha value is -2.23. The summed E-state index contributed by atoms with van der Waals surface area (Å²) in [6, 6.07) is 11.3. The Morgan fingerprint density at radius 3 is 2.65 bits per heavy atom. The van der Waals surface area contributed by atoms with E-state index in [1.54, 1.807) is 12.3 Å². The molecule has 0 saturated carbocycles. The van der Waals surface area contributed by atoms with Crippen LogP contribution in [0.15, 0.2) is 47.1 Å². The van der Waals surface area contributed by atoms with Crippen LogP contribution in [-0.4, -0.2) is 12.0 Å². The third-order valence-electron chi connectivity index (χ3n) is 2.98. The van der Waals surface area contributed by atoms with Crippen LogP contribution in [0.3, 0.4) is 0 Å². The maximum absolute atomic E-state index is 12.1. The molecular weight excluding hydrogens is 254 g/mol. The first-order valence-corrected chi connectivity index (χ1v) is 6.72. The van der Waals surface area contributed by atoms with E-state index in [1.165, 1.54) is 0 Å². The molecule has 4 heteroatoms. The summed E-state index contributed by atoms with van der Waals surface area (Å²) >= 11 is 0. The number of rotatable bonds is 6. The smallest absolute Gasteiger partial charge is 0.261 e. The minimum atomic E-state index is -0.493. The van der Waals surface area contributed by atoms with Crippen LogP contribution in [0.1, 0.15) is 24.7 Å². The highest BCUT2D eigenvalue weighted by Crippen LogP contribution is 2.14. The molecule has 1 N–H and O–H groups in total. The standard InChI is InChI=1S/C16H19NO3/c1-3-15(20-13-8-6-12(2)7-9-13)16(18)17-11-14-5-4-10-19-14/h4-10,15H,3,11H2,1-2H3,(H,17,18). The Bertz CT molecular complexity index is 531. The van der Waals surface area contributed by atoms with Crippen LogP contribution in [0.25, 0.3) is 0 Å². The van der Waals surface area contributed by atoms with E-state index in [1.807, 2.05) is 44.2 Å². The van der Waals surface area contributed by atoms with Gasteiger partial charge in [0.2, 0.25) is 0 Å². The van der Waals surface area contributed by atoms with Crippen molar-refractivity contribution in [2.75, 3.05) is 0 Å². The minimum absolute atomic E-state index is 0.135. The fourth-order valence-corrected chi connectivity index (χ4v) is 1.80. The topological polar surface area (TPSA) is 51.5 Å². The van der Waals surface area contributed by atoms with E-state index in [0.29, 0.717) is 18.7 Å². The van der Waals surface area contributed by atoms with Crippen molar-refractivity contribution in [2.24, 2.45) is 0 Å². The Labute approximate surface area is 118 Å². The molecule has 0 spiro atoms. The average Bonchev–Trinajstić information content (AvgIpc) is 2.97. The molecule has 2 rings (SSSR count). The molecule has 20 heavy (non-hydrogen) atoms. The predicted octanol–water partition coefficient (Wildman–Crippen LogP) is 3.06. The van der Waals surface area contributed by atoms with Crippen LogP contribution in [-0.2, 0) is 11.3 Å². The molecule has 0 radical (unpaired) electrons. The molecule has 0 bridgehead atoms. The monoisotopic (exact) mass is 273 g/mol. The van der Waals surface area contributed by atoms with Crippen molar-refractivity contribution in [3.63, 3.8) is 0 Å². The van der Waals surface area contributed by atoms with Crippen molar-refractivity contribution in [3.8, 4) is 5.75 Å². The number of carbonyl (C=O) groups is 1. The van der Waals surface area contributed by atoms with Gasteiger partial charge in [0.25, 0.3) is 5.91 Å². The number of hydrogen-bond acceptors (Lipinski definition) is 3. The lowest BCUT2D eigenvalue weighted by Gasteiger charge is -2.17. The maximum Gasteiger partial charge on any atom is 0.261 e. The van der Waals surface area contributed by atoms with Crippen molar-refractivity contribution < 1.29 is 13.9 Å². The fraction of sp³-hybridized carbons (Fsp3) is 0.312. The summed E-state index contributed by atoms with van der Waals surface area (Å²) in [6.45, 7) is 4.31. The third-order valence-corrected chi connectivity index (χ3v) is 2.98. The van der Waals surface area contributed by atoms with Gasteiger partial charge in [-0.2, -0.15) is 0 Å². The van der Waals surface area contributed by atoms with E-state index in [4.69, 9.17) is 9.15 Å². The second-order valence-corrected chi connectivity index (χ2v) is 4.62. The molecule has 0 fully saturated rings. The molecule has 2 aromatic rings. The zero-order valence-corrected chi connectivity index (χ0v) is 11.8. The van der Waals surface area contributed by atoms with Crippen molar-refractivity contribution >= 4 is 5.91 Å². The molecule has 1 amide bonds. The highest BCUT2D eigenvalue weighted by atomic mass is 16.5. The van der Waals surface area contributed by atoms with Crippen LogP contribution < -0.4 is 10.1 Å². The SMILES string of the molecule is CCC(Oc1ccc(C)cc1)C(=O)NCc1ccco1. The summed E-state index contributed by atoms with van der Waals surface area (Å²) in [7, 11) is 0. The Morgan fingerprint density at radius 1 is 1.30 bits per heavy atom. The summed E-state index contributed by atoms with van der Waals surface area (Å²) in [4.78, 5) is 12.1. The molecule has 0 aliphatic heterocycles. The summed E-state index contributed by atoms with van der Waals surface area (Å²) < 4.78 is 10.9. The van der Waals surface area contributed by atoms with E-state index in [2.05, 4.69) is 5.32 Å². The maximum atomic E-state index is 12.1. The molecule has 4 nitrogen and oxygen atoms in total. The number of benzene rings is 1. The molecule has 1 aromatic carbocycles. The summed E-state index contributed by atoms with van der Waals surface area (Å²) in [5.74, 6) is 1.30. The number of amides is 1. The highest BCUT2D eigenvalue weighted by molar-refractivity contribution is 5.81. The van der Waals surface area contributed by atoms with Gasteiger partial charge in [0.15, 0.2) is 6.10 Å². The van der Waals surface area contributed by atoms with Crippen LogP contribution in [0.5, 0.6) is 5.75 Å². The molecule has 1 heterocycles. The van der Waals surface area contributed by atoms with Crippen molar-refractivity contribution in [3.05, 3.63) is 54.0 Å². The number of aryl methyl sites for hydroxylation is 1. The van der Waals surface area contributed by atoms with E-state index in [9.17, 15) is 4.79 Å². The Kier molecular flexibility index (Phi) is 4.82. The van der Waals surface area contributed by atoms with E-state index in [-0.39, 0.29) is 5.91 Å². The molecule has 1 atom stereocenters. The summed E-state index contributed by atoms with van der Waals surface area (Å²) in [5, 5.41) is 2.81. The lowest BCUT2D eigenvalue weighted by molar-refractivity contribution is -0.128. The van der Waals surface area contributed by atoms with Gasteiger partial charge in [-0.1, -0.05) is 24.6 Å². The molecule has 0 aliphatic rings. The molecule has 1 aromatic heterocycles. The van der Waals surface area contributed by atoms with Crippen molar-refractivity contribution in [2.45, 2.75) is 32.9 Å². The number of nitrogens with one attached hydrogen (secondary N) is 1. The van der Waals surface area contributed by atoms with Gasteiger partial charge in [0.05, 0.1) is 12.8 Å². The molecule has 0 aliphatic carbocycles. The van der Waals surface area contributed by atoms with E-state index < -0.39 is 6.10 Å². The van der Waals surface area contributed by atoms with Crippen LogP contribution in [0, 0.1) is 6.92 Å². The van der Waals surface area contributed by atoms with Crippen molar-refractivity contribution in [1.29, 1.82) is 0 Å². The molecule has 1 unspecified atom stereocenters. The van der Waals surface area contributed by atoms with Gasteiger partial charge in [-0.3, -0.25) is 4.79 Å². The average molecular weight is 273 g/mol. The molecule has 0 saturated heterocycles. The fourth-order valence-electron chi connectivity index (χ4n) is 1.80. The number of furan rings is 1. The number of carbonyl (C=O) groups excluding carboxylic acids is 1. The van der Waals surface area contributed by atoms with Crippen molar-refractivity contribution in [1.82, 2.24) is 5.32 Å². The largest absolute Gasteiger partial charge is 0.481 e. The van der Waals surface area contributed by atoms with Gasteiger partial charge in [0.1, 0.15) is 11.5 Å². The van der Waals surface area contributed by atoms with E-state index in [0.717, 1.165) is 11.3 Å². The summed E-state index contributed by atoms with van der Waals surface area (Å²) in [5.41, 5.74) is 1.16. The van der Waals surface area contributed by atoms with Gasteiger partial charge < -0.3 is 14.5 Å². The quantitative estimate of drug-likeness (QED) is 0.880. The Morgan fingerprint density at radius 2 is 2.05 bits per heavy atom. The first-order chi connectivity index (χ1) is 9.69. The van der Waals surface area contributed by atoms with Gasteiger partial charge in [-0.25, -0.2) is 0 Å². The Balaban J connectivity index is 1.90. The second kappa shape index (κ2) is 6.80.